The molecule has 2 unspecified atom stereocenters. The predicted octanol–water partition coefficient (Wildman–Crippen LogP) is 3.90. The smallest absolute Gasteiger partial charge is 0.0914 e. The van der Waals surface area contributed by atoms with E-state index >= 15 is 0 Å². The van der Waals surface area contributed by atoms with E-state index in [-0.39, 0.29) is 0 Å². The molecule has 0 amide bonds. The van der Waals surface area contributed by atoms with Crippen molar-refractivity contribution in [1.29, 1.82) is 0 Å². The molecule has 1 saturated heterocycles. The molecule has 4 heteroatoms. The lowest BCUT2D eigenvalue weighted by Crippen LogP contribution is -2.49. The number of aliphatic imine (C=N–C) groups is 1. The van der Waals surface area contributed by atoms with Gasteiger partial charge in [-0.2, -0.15) is 0 Å². The van der Waals surface area contributed by atoms with Crippen molar-refractivity contribution in [3.8, 4) is 11.8 Å². The molecular formula is C26H32N4. The third-order valence-corrected chi connectivity index (χ3v) is 6.29. The van der Waals surface area contributed by atoms with Crippen molar-refractivity contribution in [3.05, 3.63) is 65.7 Å². The first-order valence-electron chi connectivity index (χ1n) is 10.9. The Labute approximate surface area is 181 Å². The van der Waals surface area contributed by atoms with Crippen molar-refractivity contribution in [1.82, 2.24) is 9.80 Å². The Balaban J connectivity index is 1.36. The number of rotatable bonds is 4. The van der Waals surface area contributed by atoms with E-state index in [9.17, 15) is 0 Å². The molecule has 0 saturated carbocycles. The molecule has 0 bridgehead atoms. The summed E-state index contributed by atoms with van der Waals surface area (Å²) in [5.41, 5.74) is 5.11. The van der Waals surface area contributed by atoms with E-state index in [1.807, 2.05) is 18.2 Å². The van der Waals surface area contributed by atoms with Gasteiger partial charge < -0.3 is 4.90 Å². The summed E-state index contributed by atoms with van der Waals surface area (Å²) in [7, 11) is 4.16. The molecule has 156 valence electrons. The molecule has 2 atom stereocenters. The van der Waals surface area contributed by atoms with E-state index in [0.717, 1.165) is 44.8 Å². The largest absolute Gasteiger partial charge is 0.378 e. The fourth-order valence-electron chi connectivity index (χ4n) is 4.34. The number of nitrogens with zero attached hydrogens (tertiary/aromatic N) is 4. The van der Waals surface area contributed by atoms with Crippen LogP contribution in [0.4, 0.5) is 5.69 Å². The quantitative estimate of drug-likeness (QED) is 0.727. The van der Waals surface area contributed by atoms with Crippen molar-refractivity contribution >= 4 is 11.4 Å². The monoisotopic (exact) mass is 400 g/mol. The van der Waals surface area contributed by atoms with Crippen molar-refractivity contribution in [2.45, 2.75) is 19.4 Å². The third-order valence-electron chi connectivity index (χ3n) is 6.29. The van der Waals surface area contributed by atoms with Crippen LogP contribution >= 0.6 is 0 Å². The molecule has 4 nitrogen and oxygen atoms in total. The molecule has 0 spiro atoms. The average molecular weight is 401 g/mol. The molecule has 0 aromatic heterocycles. The molecule has 2 aromatic rings. The summed E-state index contributed by atoms with van der Waals surface area (Å²) in [5, 5.41) is 0. The van der Waals surface area contributed by atoms with Crippen molar-refractivity contribution < 1.29 is 0 Å². The minimum absolute atomic E-state index is 0.375. The number of fused-ring (bicyclic) bond motifs is 1. The molecule has 4 rings (SSSR count). The molecule has 2 aliphatic heterocycles. The van der Waals surface area contributed by atoms with Gasteiger partial charge in [-0.05, 0) is 43.2 Å². The predicted molar refractivity (Wildman–Crippen MR) is 126 cm³/mol. The zero-order valence-corrected chi connectivity index (χ0v) is 18.4. The zero-order valence-electron chi connectivity index (χ0n) is 18.4. The fraction of sp³-hybridized carbons (Fsp3) is 0.423. The normalized spacial score (nSPS) is 20.5. The van der Waals surface area contributed by atoms with Gasteiger partial charge >= 0.3 is 0 Å². The maximum atomic E-state index is 4.96. The fourth-order valence-corrected chi connectivity index (χ4v) is 4.34. The van der Waals surface area contributed by atoms with Gasteiger partial charge in [0.1, 0.15) is 0 Å². The first-order chi connectivity index (χ1) is 14.6. The second-order valence-corrected chi connectivity index (χ2v) is 8.57. The van der Waals surface area contributed by atoms with Crippen LogP contribution in [-0.4, -0.2) is 62.5 Å². The van der Waals surface area contributed by atoms with Crippen LogP contribution in [0.5, 0.6) is 0 Å². The number of hydrogen-bond donors (Lipinski definition) is 0. The van der Waals surface area contributed by atoms with Gasteiger partial charge in [-0.3, -0.25) is 14.8 Å². The van der Waals surface area contributed by atoms with Gasteiger partial charge in [0.05, 0.1) is 13.2 Å². The summed E-state index contributed by atoms with van der Waals surface area (Å²) >= 11 is 0. The van der Waals surface area contributed by atoms with Crippen molar-refractivity contribution in [3.63, 3.8) is 0 Å². The van der Waals surface area contributed by atoms with Crippen molar-refractivity contribution in [2.75, 3.05) is 51.8 Å². The number of piperidine rings is 1. The third kappa shape index (κ3) is 4.92. The minimum atomic E-state index is 0.375. The Bertz CT molecular complexity index is 921. The zero-order chi connectivity index (χ0) is 20.9. The number of likely N-dealkylation sites (tertiary alicyclic amines) is 1. The maximum Gasteiger partial charge on any atom is 0.0914 e. The Morgan fingerprint density at radius 3 is 2.57 bits per heavy atom. The van der Waals surface area contributed by atoms with Crippen molar-refractivity contribution in [2.24, 2.45) is 10.9 Å². The van der Waals surface area contributed by atoms with Gasteiger partial charge in [0.2, 0.25) is 0 Å². The van der Waals surface area contributed by atoms with E-state index in [1.165, 1.54) is 17.0 Å². The molecule has 0 N–H and O–H groups in total. The second kappa shape index (κ2) is 9.47. The van der Waals surface area contributed by atoms with E-state index in [1.54, 1.807) is 0 Å². The molecule has 1 fully saturated rings. The number of anilines is 1. The Hall–Kier alpha value is -2.61. The van der Waals surface area contributed by atoms with Crippen LogP contribution in [0, 0.1) is 17.8 Å². The van der Waals surface area contributed by atoms with Crippen LogP contribution in [0.2, 0.25) is 0 Å². The Morgan fingerprint density at radius 2 is 1.83 bits per heavy atom. The summed E-state index contributed by atoms with van der Waals surface area (Å²) < 4.78 is 0. The highest BCUT2D eigenvalue weighted by Crippen LogP contribution is 2.28. The van der Waals surface area contributed by atoms with Gasteiger partial charge in [0, 0.05) is 62.7 Å². The lowest BCUT2D eigenvalue weighted by atomic mass is 9.92. The minimum Gasteiger partial charge on any atom is -0.378 e. The Morgan fingerprint density at radius 1 is 1.07 bits per heavy atom. The highest BCUT2D eigenvalue weighted by atomic mass is 15.3. The van der Waals surface area contributed by atoms with Crippen LogP contribution in [-0.2, 0) is 0 Å². The van der Waals surface area contributed by atoms with Crippen LogP contribution in [0.3, 0.4) is 0 Å². The van der Waals surface area contributed by atoms with Gasteiger partial charge in [0.25, 0.3) is 0 Å². The standard InChI is InChI=1S/C26H32N4/c1-21(23-11-13-25(14-12-23)28(2)3)30-19-24-18-29(17-15-26(24)27-20-30)16-7-10-22-8-5-4-6-9-22/h4-6,8-9,11-14,21,24H,15-20H2,1-3H3. The molecule has 2 aliphatic rings. The Kier molecular flexibility index (Phi) is 6.52. The molecule has 0 aliphatic carbocycles. The highest BCUT2D eigenvalue weighted by molar-refractivity contribution is 5.88. The first-order valence-corrected chi connectivity index (χ1v) is 10.9. The molecular weight excluding hydrogens is 368 g/mol. The summed E-state index contributed by atoms with van der Waals surface area (Å²) in [6.07, 6.45) is 1.08. The van der Waals surface area contributed by atoms with E-state index in [0.29, 0.717) is 12.0 Å². The second-order valence-electron chi connectivity index (χ2n) is 8.57. The maximum absolute atomic E-state index is 4.96. The molecule has 30 heavy (non-hydrogen) atoms. The van der Waals surface area contributed by atoms with Crippen LogP contribution in [0.25, 0.3) is 0 Å². The van der Waals surface area contributed by atoms with Gasteiger partial charge in [-0.25, -0.2) is 0 Å². The summed E-state index contributed by atoms with van der Waals surface area (Å²) in [4.78, 5) is 12.1. The van der Waals surface area contributed by atoms with E-state index in [2.05, 4.69) is 84.0 Å². The van der Waals surface area contributed by atoms with E-state index < -0.39 is 0 Å². The molecule has 2 aromatic carbocycles. The van der Waals surface area contributed by atoms with Crippen LogP contribution in [0.15, 0.2) is 59.6 Å². The average Bonchev–Trinajstić information content (AvgIpc) is 2.79. The summed E-state index contributed by atoms with van der Waals surface area (Å²) in [6, 6.07) is 19.5. The lowest BCUT2D eigenvalue weighted by Gasteiger charge is -2.41. The van der Waals surface area contributed by atoms with Gasteiger partial charge in [0.15, 0.2) is 0 Å². The van der Waals surface area contributed by atoms with Gasteiger partial charge in [-0.15, -0.1) is 0 Å². The molecule has 0 radical (unpaired) electrons. The lowest BCUT2D eigenvalue weighted by molar-refractivity contribution is 0.155. The van der Waals surface area contributed by atoms with Crippen LogP contribution in [0.1, 0.15) is 30.5 Å². The highest BCUT2D eigenvalue weighted by Gasteiger charge is 2.31. The van der Waals surface area contributed by atoms with Gasteiger partial charge in [-0.1, -0.05) is 42.2 Å². The molecule has 2 heterocycles. The summed E-state index contributed by atoms with van der Waals surface area (Å²) in [6.45, 7) is 7.16. The van der Waals surface area contributed by atoms with E-state index in [4.69, 9.17) is 4.99 Å². The summed E-state index contributed by atoms with van der Waals surface area (Å²) in [5.74, 6) is 7.17. The van der Waals surface area contributed by atoms with Crippen LogP contribution < -0.4 is 4.90 Å². The SMILES string of the molecule is CC(c1ccc(N(C)C)cc1)N1CN=C2CCN(CC#Cc3ccccc3)CC2C1. The number of hydrogen-bond acceptors (Lipinski definition) is 4. The first kappa shape index (κ1) is 20.7. The number of benzene rings is 2. The topological polar surface area (TPSA) is 22.1 Å².